The summed E-state index contributed by atoms with van der Waals surface area (Å²) in [7, 11) is 1.89. The van der Waals surface area contributed by atoms with Crippen LogP contribution in [0.3, 0.4) is 0 Å². The highest BCUT2D eigenvalue weighted by Gasteiger charge is 2.33. The molecule has 118 valence electrons. The van der Waals surface area contributed by atoms with Crippen LogP contribution >= 0.6 is 0 Å². The molecule has 1 saturated carbocycles. The van der Waals surface area contributed by atoms with Crippen molar-refractivity contribution in [1.29, 1.82) is 0 Å². The van der Waals surface area contributed by atoms with E-state index in [-0.39, 0.29) is 11.8 Å². The molecule has 1 aromatic carbocycles. The van der Waals surface area contributed by atoms with Gasteiger partial charge in [0.05, 0.1) is 0 Å². The first kappa shape index (κ1) is 16.3. The standard InChI is InChI=1S/C18H24N2O2/c1-4-17(21)19-16-8-5-14(6-9-16)7-10-18(22)20(3)12-15-11-13(15)2/h4-6,8-9,13,15H,1,7,10-12H2,2-3H3,(H,19,21). The summed E-state index contributed by atoms with van der Waals surface area (Å²) < 4.78 is 0. The third-order valence-corrected chi connectivity index (χ3v) is 4.24. The summed E-state index contributed by atoms with van der Waals surface area (Å²) in [5.41, 5.74) is 1.83. The zero-order valence-corrected chi connectivity index (χ0v) is 13.3. The van der Waals surface area contributed by atoms with E-state index in [0.29, 0.717) is 12.3 Å². The van der Waals surface area contributed by atoms with E-state index in [0.717, 1.165) is 30.1 Å². The monoisotopic (exact) mass is 300 g/mol. The molecule has 4 heteroatoms. The van der Waals surface area contributed by atoms with Crippen molar-refractivity contribution in [1.82, 2.24) is 4.90 Å². The molecule has 0 spiro atoms. The maximum Gasteiger partial charge on any atom is 0.247 e. The second-order valence-corrected chi connectivity index (χ2v) is 6.14. The van der Waals surface area contributed by atoms with Crippen LogP contribution in [0.25, 0.3) is 0 Å². The van der Waals surface area contributed by atoms with Gasteiger partial charge in [-0.2, -0.15) is 0 Å². The molecule has 2 unspecified atom stereocenters. The third-order valence-electron chi connectivity index (χ3n) is 4.24. The molecule has 1 N–H and O–H groups in total. The van der Waals surface area contributed by atoms with Gasteiger partial charge in [-0.25, -0.2) is 0 Å². The summed E-state index contributed by atoms with van der Waals surface area (Å²) in [6.07, 6.45) is 3.73. The Bertz CT molecular complexity index is 551. The van der Waals surface area contributed by atoms with Gasteiger partial charge in [-0.1, -0.05) is 25.6 Å². The maximum atomic E-state index is 12.1. The quantitative estimate of drug-likeness (QED) is 0.787. The molecule has 0 saturated heterocycles. The van der Waals surface area contributed by atoms with Gasteiger partial charge in [0.1, 0.15) is 0 Å². The Morgan fingerprint density at radius 3 is 2.55 bits per heavy atom. The van der Waals surface area contributed by atoms with E-state index in [1.165, 1.54) is 12.5 Å². The summed E-state index contributed by atoms with van der Waals surface area (Å²) in [5.74, 6) is 1.44. The molecule has 4 nitrogen and oxygen atoms in total. The molecular weight excluding hydrogens is 276 g/mol. The second kappa shape index (κ2) is 7.25. The van der Waals surface area contributed by atoms with Crippen molar-refractivity contribution in [2.24, 2.45) is 11.8 Å². The smallest absolute Gasteiger partial charge is 0.247 e. The maximum absolute atomic E-state index is 12.1. The lowest BCUT2D eigenvalue weighted by Gasteiger charge is -2.17. The number of carbonyl (C=O) groups excluding carboxylic acids is 2. The number of aryl methyl sites for hydroxylation is 1. The fraction of sp³-hybridized carbons (Fsp3) is 0.444. The van der Waals surface area contributed by atoms with E-state index in [1.54, 1.807) is 0 Å². The van der Waals surface area contributed by atoms with Crippen molar-refractivity contribution in [2.75, 3.05) is 18.9 Å². The van der Waals surface area contributed by atoms with Crippen LogP contribution in [0, 0.1) is 11.8 Å². The number of hydrogen-bond acceptors (Lipinski definition) is 2. The lowest BCUT2D eigenvalue weighted by Crippen LogP contribution is -2.29. The summed E-state index contributed by atoms with van der Waals surface area (Å²) in [6, 6.07) is 7.57. The zero-order chi connectivity index (χ0) is 16.1. The van der Waals surface area contributed by atoms with E-state index in [2.05, 4.69) is 18.8 Å². The van der Waals surface area contributed by atoms with Gasteiger partial charge in [0.25, 0.3) is 0 Å². The Kier molecular flexibility index (Phi) is 5.36. The van der Waals surface area contributed by atoms with Crippen molar-refractivity contribution in [3.63, 3.8) is 0 Å². The number of benzene rings is 1. The Hall–Kier alpha value is -2.10. The van der Waals surface area contributed by atoms with Gasteiger partial charge in [0.2, 0.25) is 11.8 Å². The number of nitrogens with zero attached hydrogens (tertiary/aromatic N) is 1. The topological polar surface area (TPSA) is 49.4 Å². The first-order chi connectivity index (χ1) is 10.5. The molecule has 1 aliphatic rings. The third kappa shape index (κ3) is 4.72. The molecule has 0 heterocycles. The lowest BCUT2D eigenvalue weighted by molar-refractivity contribution is -0.130. The van der Waals surface area contributed by atoms with Crippen molar-refractivity contribution in [3.8, 4) is 0 Å². The molecule has 2 rings (SSSR count). The van der Waals surface area contributed by atoms with E-state index in [4.69, 9.17) is 0 Å². The Morgan fingerprint density at radius 1 is 1.36 bits per heavy atom. The molecule has 1 aromatic rings. The van der Waals surface area contributed by atoms with Crippen molar-refractivity contribution < 1.29 is 9.59 Å². The molecule has 1 aliphatic carbocycles. The van der Waals surface area contributed by atoms with Gasteiger partial charge >= 0.3 is 0 Å². The van der Waals surface area contributed by atoms with Crippen molar-refractivity contribution in [2.45, 2.75) is 26.2 Å². The minimum absolute atomic E-state index is 0.197. The van der Waals surface area contributed by atoms with Crippen molar-refractivity contribution in [3.05, 3.63) is 42.5 Å². The highest BCUT2D eigenvalue weighted by molar-refractivity contribution is 5.98. The summed E-state index contributed by atoms with van der Waals surface area (Å²) in [4.78, 5) is 25.1. The van der Waals surface area contributed by atoms with Crippen LogP contribution in [0.4, 0.5) is 5.69 Å². The normalized spacial score (nSPS) is 19.4. The van der Waals surface area contributed by atoms with E-state index < -0.39 is 0 Å². The largest absolute Gasteiger partial charge is 0.345 e. The van der Waals surface area contributed by atoms with Gasteiger partial charge in [-0.3, -0.25) is 9.59 Å². The number of carbonyl (C=O) groups is 2. The lowest BCUT2D eigenvalue weighted by atomic mass is 10.1. The highest BCUT2D eigenvalue weighted by Crippen LogP contribution is 2.38. The average Bonchev–Trinajstić information content (AvgIpc) is 3.20. The van der Waals surface area contributed by atoms with Crippen LogP contribution in [-0.2, 0) is 16.0 Å². The number of rotatable bonds is 7. The van der Waals surface area contributed by atoms with Crippen LogP contribution < -0.4 is 5.32 Å². The summed E-state index contributed by atoms with van der Waals surface area (Å²) >= 11 is 0. The van der Waals surface area contributed by atoms with Gasteiger partial charge in [0, 0.05) is 25.7 Å². The van der Waals surface area contributed by atoms with Crippen LogP contribution in [0.15, 0.2) is 36.9 Å². The van der Waals surface area contributed by atoms with Crippen LogP contribution in [0.1, 0.15) is 25.3 Å². The fourth-order valence-electron chi connectivity index (χ4n) is 2.50. The summed E-state index contributed by atoms with van der Waals surface area (Å²) in [5, 5.41) is 2.70. The van der Waals surface area contributed by atoms with Crippen LogP contribution in [0.2, 0.25) is 0 Å². The van der Waals surface area contributed by atoms with E-state index in [1.807, 2.05) is 36.2 Å². The molecule has 2 amide bonds. The highest BCUT2D eigenvalue weighted by atomic mass is 16.2. The Morgan fingerprint density at radius 2 is 2.00 bits per heavy atom. The Balaban J connectivity index is 1.77. The number of anilines is 1. The molecule has 0 radical (unpaired) electrons. The molecule has 0 aromatic heterocycles. The summed E-state index contributed by atoms with van der Waals surface area (Å²) in [6.45, 7) is 6.53. The predicted molar refractivity (Wildman–Crippen MR) is 88.5 cm³/mol. The SMILES string of the molecule is C=CC(=O)Nc1ccc(CCC(=O)N(C)CC2CC2C)cc1. The Labute approximate surface area is 132 Å². The predicted octanol–water partition coefficient (Wildman–Crippen LogP) is 2.86. The molecule has 22 heavy (non-hydrogen) atoms. The molecule has 0 aliphatic heterocycles. The van der Waals surface area contributed by atoms with Gasteiger partial charge < -0.3 is 10.2 Å². The van der Waals surface area contributed by atoms with E-state index >= 15 is 0 Å². The first-order valence-electron chi connectivity index (χ1n) is 7.76. The molecular formula is C18H24N2O2. The molecule has 0 bridgehead atoms. The number of nitrogens with one attached hydrogen (secondary N) is 1. The van der Waals surface area contributed by atoms with Crippen molar-refractivity contribution >= 4 is 17.5 Å². The van der Waals surface area contributed by atoms with Gasteiger partial charge in [-0.15, -0.1) is 0 Å². The van der Waals surface area contributed by atoms with Crippen LogP contribution in [0.5, 0.6) is 0 Å². The molecule has 2 atom stereocenters. The average molecular weight is 300 g/mol. The molecule has 1 fully saturated rings. The minimum Gasteiger partial charge on any atom is -0.345 e. The fourth-order valence-corrected chi connectivity index (χ4v) is 2.50. The van der Waals surface area contributed by atoms with Gasteiger partial charge in [-0.05, 0) is 48.4 Å². The zero-order valence-electron chi connectivity index (χ0n) is 13.3. The minimum atomic E-state index is -0.223. The van der Waals surface area contributed by atoms with E-state index in [9.17, 15) is 9.59 Å². The number of amides is 2. The van der Waals surface area contributed by atoms with Crippen LogP contribution in [-0.4, -0.2) is 30.3 Å². The number of hydrogen-bond donors (Lipinski definition) is 1. The van der Waals surface area contributed by atoms with Gasteiger partial charge in [0.15, 0.2) is 0 Å². The second-order valence-electron chi connectivity index (χ2n) is 6.14. The first-order valence-corrected chi connectivity index (χ1v) is 7.76.